The molecule has 0 atom stereocenters. The highest BCUT2D eigenvalue weighted by Gasteiger charge is 2.20. The smallest absolute Gasteiger partial charge is 0.204 e. The molecular formula is C8H5F4O. The van der Waals surface area contributed by atoms with Gasteiger partial charge in [-0.25, -0.2) is 8.78 Å². The predicted octanol–water partition coefficient (Wildman–Crippen LogP) is 2.44. The highest BCUT2D eigenvalue weighted by Crippen LogP contribution is 2.25. The summed E-state index contributed by atoms with van der Waals surface area (Å²) >= 11 is 0. The van der Waals surface area contributed by atoms with Crippen molar-refractivity contribution in [1.29, 1.82) is 0 Å². The lowest BCUT2D eigenvalue weighted by Gasteiger charge is -2.06. The van der Waals surface area contributed by atoms with Crippen molar-refractivity contribution in [2.45, 2.75) is 6.92 Å². The molecule has 1 nitrogen and oxygen atoms in total. The molecule has 0 saturated carbocycles. The molecule has 0 amide bonds. The van der Waals surface area contributed by atoms with Crippen molar-refractivity contribution < 1.29 is 22.3 Å². The van der Waals surface area contributed by atoms with Crippen LogP contribution in [0.15, 0.2) is 0 Å². The van der Waals surface area contributed by atoms with Gasteiger partial charge in [0.05, 0.1) is 12.7 Å². The zero-order valence-corrected chi connectivity index (χ0v) is 6.63. The predicted molar refractivity (Wildman–Crippen MR) is 36.3 cm³/mol. The molecule has 5 heteroatoms. The fourth-order valence-corrected chi connectivity index (χ4v) is 0.773. The lowest BCUT2D eigenvalue weighted by atomic mass is 10.3. The van der Waals surface area contributed by atoms with Crippen molar-refractivity contribution in [3.05, 3.63) is 29.3 Å². The molecular weight excluding hydrogens is 188 g/mol. The van der Waals surface area contributed by atoms with Crippen LogP contribution in [0.25, 0.3) is 0 Å². The molecule has 0 N–H and O–H groups in total. The van der Waals surface area contributed by atoms with Gasteiger partial charge < -0.3 is 4.74 Å². The second-order valence-electron chi connectivity index (χ2n) is 2.14. The zero-order chi connectivity index (χ0) is 10.0. The Balaban J connectivity index is 3.28. The van der Waals surface area contributed by atoms with E-state index < -0.39 is 29.0 Å². The van der Waals surface area contributed by atoms with Crippen LogP contribution in [0.1, 0.15) is 6.92 Å². The first-order valence-corrected chi connectivity index (χ1v) is 3.46. The number of hydrogen-bond acceptors (Lipinski definition) is 1. The molecule has 1 rings (SSSR count). The van der Waals surface area contributed by atoms with Gasteiger partial charge >= 0.3 is 0 Å². The van der Waals surface area contributed by atoms with E-state index in [1.807, 2.05) is 0 Å². The van der Waals surface area contributed by atoms with E-state index in [1.54, 1.807) is 0 Å². The Bertz CT molecular complexity index is 298. The van der Waals surface area contributed by atoms with Gasteiger partial charge in [-0.05, 0) is 6.92 Å². The molecule has 13 heavy (non-hydrogen) atoms. The second kappa shape index (κ2) is 3.64. The second-order valence-corrected chi connectivity index (χ2v) is 2.14. The third kappa shape index (κ3) is 1.74. The molecule has 0 aliphatic heterocycles. The van der Waals surface area contributed by atoms with E-state index in [0.717, 1.165) is 0 Å². The van der Waals surface area contributed by atoms with Crippen molar-refractivity contribution in [3.63, 3.8) is 0 Å². The molecule has 0 heterocycles. The van der Waals surface area contributed by atoms with Crippen LogP contribution < -0.4 is 4.74 Å². The number of rotatable bonds is 2. The average Bonchev–Trinajstić information content (AvgIpc) is 2.09. The molecule has 0 saturated heterocycles. The van der Waals surface area contributed by atoms with Crippen LogP contribution >= 0.6 is 0 Å². The first kappa shape index (κ1) is 9.83. The highest BCUT2D eigenvalue weighted by molar-refractivity contribution is 5.27. The number of hydrogen-bond donors (Lipinski definition) is 0. The van der Waals surface area contributed by atoms with E-state index in [2.05, 4.69) is 4.74 Å². The van der Waals surface area contributed by atoms with Gasteiger partial charge in [0.1, 0.15) is 0 Å². The molecule has 1 aromatic carbocycles. The topological polar surface area (TPSA) is 9.23 Å². The van der Waals surface area contributed by atoms with E-state index in [0.29, 0.717) is 0 Å². The minimum Gasteiger partial charge on any atom is -0.488 e. The Kier molecular flexibility index (Phi) is 2.75. The van der Waals surface area contributed by atoms with Crippen LogP contribution in [0.5, 0.6) is 5.75 Å². The Hall–Kier alpha value is -1.26. The third-order valence-corrected chi connectivity index (χ3v) is 1.29. The van der Waals surface area contributed by atoms with Gasteiger partial charge in [-0.1, -0.05) is 0 Å². The molecule has 0 fully saturated rings. The van der Waals surface area contributed by atoms with Crippen LogP contribution in [0.2, 0.25) is 0 Å². The van der Waals surface area contributed by atoms with E-state index in [1.165, 1.54) is 13.0 Å². The summed E-state index contributed by atoms with van der Waals surface area (Å²) < 4.78 is 54.6. The number of ether oxygens (including phenoxy) is 1. The molecule has 1 radical (unpaired) electrons. The summed E-state index contributed by atoms with van der Waals surface area (Å²) in [5, 5.41) is 0. The van der Waals surface area contributed by atoms with Gasteiger partial charge in [0.2, 0.25) is 11.6 Å². The van der Waals surface area contributed by atoms with Crippen molar-refractivity contribution >= 4 is 0 Å². The largest absolute Gasteiger partial charge is 0.488 e. The van der Waals surface area contributed by atoms with Crippen LogP contribution in [0.3, 0.4) is 0 Å². The maximum Gasteiger partial charge on any atom is 0.204 e. The van der Waals surface area contributed by atoms with E-state index in [9.17, 15) is 17.6 Å². The van der Waals surface area contributed by atoms with E-state index >= 15 is 0 Å². The summed E-state index contributed by atoms with van der Waals surface area (Å²) in [5.41, 5.74) is 0. The lowest BCUT2D eigenvalue weighted by Crippen LogP contribution is -2.02. The van der Waals surface area contributed by atoms with E-state index in [-0.39, 0.29) is 6.61 Å². The summed E-state index contributed by atoms with van der Waals surface area (Å²) in [4.78, 5) is 0. The van der Waals surface area contributed by atoms with Gasteiger partial charge in [-0.3, -0.25) is 0 Å². The third-order valence-electron chi connectivity index (χ3n) is 1.29. The van der Waals surface area contributed by atoms with Crippen LogP contribution in [-0.2, 0) is 0 Å². The summed E-state index contributed by atoms with van der Waals surface area (Å²) in [7, 11) is 0. The van der Waals surface area contributed by atoms with Gasteiger partial charge in [-0.15, -0.1) is 0 Å². The molecule has 0 bridgehead atoms. The maximum absolute atomic E-state index is 12.7. The maximum atomic E-state index is 12.7. The van der Waals surface area contributed by atoms with Crippen molar-refractivity contribution in [1.82, 2.24) is 0 Å². The SMILES string of the molecule is CCOc1c(F)c(F)[c]c(F)c1F. The summed E-state index contributed by atoms with van der Waals surface area (Å²) in [6.45, 7) is 1.35. The van der Waals surface area contributed by atoms with Gasteiger partial charge in [0, 0.05) is 0 Å². The Morgan fingerprint density at radius 3 is 1.92 bits per heavy atom. The number of benzene rings is 1. The van der Waals surface area contributed by atoms with Gasteiger partial charge in [0.15, 0.2) is 17.4 Å². The standard InChI is InChI=1S/C8H5F4O/c1-2-13-8-6(11)4(9)3-5(10)7(8)12/h2H2,1H3. The van der Waals surface area contributed by atoms with Gasteiger partial charge in [-0.2, -0.15) is 8.78 Å². The average molecular weight is 193 g/mol. The number of halogens is 4. The van der Waals surface area contributed by atoms with Crippen LogP contribution in [0, 0.1) is 29.3 Å². The minimum atomic E-state index is -1.60. The zero-order valence-electron chi connectivity index (χ0n) is 6.63. The molecule has 0 spiro atoms. The van der Waals surface area contributed by atoms with E-state index in [4.69, 9.17) is 0 Å². The fraction of sp³-hybridized carbons (Fsp3) is 0.250. The first-order chi connectivity index (χ1) is 6.07. The molecule has 0 aromatic heterocycles. The quantitative estimate of drug-likeness (QED) is 0.517. The molecule has 0 unspecified atom stereocenters. The monoisotopic (exact) mass is 193 g/mol. The minimum absolute atomic E-state index is 0.0866. The fourth-order valence-electron chi connectivity index (χ4n) is 0.773. The van der Waals surface area contributed by atoms with Gasteiger partial charge in [0.25, 0.3) is 0 Å². The lowest BCUT2D eigenvalue weighted by molar-refractivity contribution is 0.286. The van der Waals surface area contributed by atoms with Crippen molar-refractivity contribution in [3.8, 4) is 5.75 Å². The Morgan fingerprint density at radius 1 is 1.08 bits per heavy atom. The summed E-state index contributed by atoms with van der Waals surface area (Å²) in [6.07, 6.45) is 0. The molecule has 71 valence electrons. The Labute approximate surface area is 71.9 Å². The molecule has 0 aliphatic carbocycles. The molecule has 0 aliphatic rings. The van der Waals surface area contributed by atoms with Crippen molar-refractivity contribution in [2.24, 2.45) is 0 Å². The highest BCUT2D eigenvalue weighted by atomic mass is 19.2. The van der Waals surface area contributed by atoms with Crippen LogP contribution in [0.4, 0.5) is 17.6 Å². The normalized spacial score (nSPS) is 10.2. The van der Waals surface area contributed by atoms with Crippen molar-refractivity contribution in [2.75, 3.05) is 6.61 Å². The summed E-state index contributed by atoms with van der Waals surface area (Å²) in [6, 6.07) is 1.24. The molecule has 1 aromatic rings. The first-order valence-electron chi connectivity index (χ1n) is 3.46. The van der Waals surface area contributed by atoms with Crippen LogP contribution in [-0.4, -0.2) is 6.61 Å². The Morgan fingerprint density at radius 2 is 1.54 bits per heavy atom. The summed E-state index contributed by atoms with van der Waals surface area (Å²) in [5.74, 6) is -7.37.